The molecule has 0 spiro atoms. The number of hydrogen-bond donors (Lipinski definition) is 0. The molecule has 0 bridgehead atoms. The zero-order valence-electron chi connectivity index (χ0n) is 9.43. The van der Waals surface area contributed by atoms with Gasteiger partial charge in [-0.3, -0.25) is 0 Å². The minimum atomic E-state index is -4.63. The number of unbranched alkanes of at least 4 members (excludes halogenated alkanes) is 1. The smallest absolute Gasteiger partial charge is 0.406 e. The van der Waals surface area contributed by atoms with Crippen LogP contribution in [0.1, 0.15) is 36.6 Å². The van der Waals surface area contributed by atoms with Crippen molar-refractivity contribution < 1.29 is 17.9 Å². The van der Waals surface area contributed by atoms with Crippen molar-refractivity contribution in [2.75, 3.05) is 0 Å². The average molecular weight is 311 g/mol. The van der Waals surface area contributed by atoms with E-state index in [1.165, 1.54) is 12.1 Å². The van der Waals surface area contributed by atoms with E-state index in [0.29, 0.717) is 0 Å². The summed E-state index contributed by atoms with van der Waals surface area (Å²) in [7, 11) is 0. The van der Waals surface area contributed by atoms with Crippen LogP contribution >= 0.6 is 15.9 Å². The molecule has 1 unspecified atom stereocenters. The number of alkyl halides is 4. The lowest BCUT2D eigenvalue weighted by Crippen LogP contribution is -2.17. The summed E-state index contributed by atoms with van der Waals surface area (Å²) in [5, 5.41) is 0. The Hall–Kier alpha value is -0.710. The number of rotatable bonds is 5. The first-order valence-corrected chi connectivity index (χ1v) is 6.33. The Kier molecular flexibility index (Phi) is 5.31. The highest BCUT2D eigenvalue weighted by Gasteiger charge is 2.30. The quantitative estimate of drug-likeness (QED) is 0.678. The van der Waals surface area contributed by atoms with Crippen molar-refractivity contribution in [3.63, 3.8) is 0 Å². The van der Waals surface area contributed by atoms with Crippen molar-refractivity contribution >= 4 is 15.9 Å². The Morgan fingerprint density at radius 3 is 2.29 bits per heavy atom. The lowest BCUT2D eigenvalue weighted by atomic mass is 10.1. The summed E-state index contributed by atoms with van der Waals surface area (Å²) in [6.45, 7) is 2.10. The van der Waals surface area contributed by atoms with Gasteiger partial charge in [-0.05, 0) is 24.1 Å². The Morgan fingerprint density at radius 1 is 1.24 bits per heavy atom. The molecule has 96 valence electrons. The van der Waals surface area contributed by atoms with Gasteiger partial charge < -0.3 is 4.74 Å². The molecule has 1 nitrogen and oxygen atoms in total. The fourth-order valence-corrected chi connectivity index (χ4v) is 2.06. The molecule has 0 aromatic heterocycles. The molecule has 0 aliphatic carbocycles. The van der Waals surface area contributed by atoms with E-state index in [1.54, 1.807) is 12.1 Å². The molecule has 0 heterocycles. The normalized spacial score (nSPS) is 13.5. The summed E-state index contributed by atoms with van der Waals surface area (Å²) in [5.41, 5.74) is 0.966. The van der Waals surface area contributed by atoms with Crippen LogP contribution in [-0.2, 0) is 0 Å². The molecule has 1 atom stereocenters. The van der Waals surface area contributed by atoms with Crippen molar-refractivity contribution in [1.82, 2.24) is 0 Å². The monoisotopic (exact) mass is 310 g/mol. The first-order chi connectivity index (χ1) is 7.92. The largest absolute Gasteiger partial charge is 0.573 e. The van der Waals surface area contributed by atoms with Crippen molar-refractivity contribution in [1.29, 1.82) is 0 Å². The molecule has 0 saturated heterocycles. The number of benzene rings is 1. The molecule has 1 rings (SSSR count). The SMILES string of the molecule is CCCCC(Br)c1ccc(OC(F)(F)F)cc1. The summed E-state index contributed by atoms with van der Waals surface area (Å²) in [5.74, 6) is -0.184. The second kappa shape index (κ2) is 6.28. The summed E-state index contributed by atoms with van der Waals surface area (Å²) < 4.78 is 39.6. The van der Waals surface area contributed by atoms with Gasteiger partial charge in [-0.25, -0.2) is 0 Å². The van der Waals surface area contributed by atoms with Gasteiger partial charge in [-0.1, -0.05) is 47.8 Å². The maximum absolute atomic E-state index is 11.9. The minimum Gasteiger partial charge on any atom is -0.406 e. The predicted octanol–water partition coefficient (Wildman–Crippen LogP) is 5.21. The van der Waals surface area contributed by atoms with Crippen LogP contribution in [0.25, 0.3) is 0 Å². The first kappa shape index (κ1) is 14.4. The van der Waals surface area contributed by atoms with Crippen LogP contribution in [0.15, 0.2) is 24.3 Å². The van der Waals surface area contributed by atoms with Gasteiger partial charge in [0.05, 0.1) is 0 Å². The van der Waals surface area contributed by atoms with E-state index in [4.69, 9.17) is 0 Å². The van der Waals surface area contributed by atoms with E-state index in [0.717, 1.165) is 24.8 Å². The van der Waals surface area contributed by atoms with Crippen molar-refractivity contribution in [2.24, 2.45) is 0 Å². The summed E-state index contributed by atoms with van der Waals surface area (Å²) in [4.78, 5) is 0.183. The molecule has 0 aliphatic rings. The molecular weight excluding hydrogens is 297 g/mol. The highest BCUT2D eigenvalue weighted by molar-refractivity contribution is 9.09. The van der Waals surface area contributed by atoms with E-state index in [2.05, 4.69) is 27.6 Å². The Bertz CT molecular complexity index is 335. The minimum absolute atomic E-state index is 0.183. The van der Waals surface area contributed by atoms with Crippen LogP contribution in [0.3, 0.4) is 0 Å². The maximum atomic E-state index is 11.9. The van der Waals surface area contributed by atoms with Gasteiger partial charge in [-0.15, -0.1) is 13.2 Å². The fourth-order valence-electron chi connectivity index (χ4n) is 1.43. The van der Waals surface area contributed by atoms with Crippen LogP contribution in [0.5, 0.6) is 5.75 Å². The van der Waals surface area contributed by atoms with Gasteiger partial charge in [-0.2, -0.15) is 0 Å². The molecule has 0 aliphatic heterocycles. The zero-order chi connectivity index (χ0) is 12.9. The van der Waals surface area contributed by atoms with Crippen molar-refractivity contribution in [2.45, 2.75) is 37.4 Å². The molecule has 0 radical (unpaired) electrons. The van der Waals surface area contributed by atoms with E-state index >= 15 is 0 Å². The summed E-state index contributed by atoms with van der Waals surface area (Å²) >= 11 is 3.51. The molecule has 1 aromatic carbocycles. The first-order valence-electron chi connectivity index (χ1n) is 5.42. The molecule has 17 heavy (non-hydrogen) atoms. The Morgan fingerprint density at radius 2 is 1.82 bits per heavy atom. The second-order valence-corrected chi connectivity index (χ2v) is 4.83. The van der Waals surface area contributed by atoms with E-state index < -0.39 is 6.36 Å². The van der Waals surface area contributed by atoms with E-state index in [9.17, 15) is 13.2 Å². The van der Waals surface area contributed by atoms with Gasteiger partial charge >= 0.3 is 6.36 Å². The molecular formula is C12H14BrF3O. The van der Waals surface area contributed by atoms with Crippen LogP contribution < -0.4 is 4.74 Å². The van der Waals surface area contributed by atoms with Crippen molar-refractivity contribution in [3.05, 3.63) is 29.8 Å². The van der Waals surface area contributed by atoms with Crippen LogP contribution in [0.2, 0.25) is 0 Å². The van der Waals surface area contributed by atoms with E-state index in [1.807, 2.05) is 0 Å². The summed E-state index contributed by atoms with van der Waals surface area (Å²) in [6, 6.07) is 5.97. The average Bonchev–Trinajstić information content (AvgIpc) is 2.24. The van der Waals surface area contributed by atoms with Crippen LogP contribution in [0, 0.1) is 0 Å². The summed E-state index contributed by atoms with van der Waals surface area (Å²) in [6.07, 6.45) is -1.48. The molecule has 0 fully saturated rings. The van der Waals surface area contributed by atoms with Crippen molar-refractivity contribution in [3.8, 4) is 5.75 Å². The number of hydrogen-bond acceptors (Lipinski definition) is 1. The fraction of sp³-hybridized carbons (Fsp3) is 0.500. The van der Waals surface area contributed by atoms with Gasteiger partial charge in [0.2, 0.25) is 0 Å². The Labute approximate surface area is 107 Å². The predicted molar refractivity (Wildman–Crippen MR) is 64.3 cm³/mol. The molecule has 0 N–H and O–H groups in total. The lowest BCUT2D eigenvalue weighted by molar-refractivity contribution is -0.274. The number of ether oxygens (including phenoxy) is 1. The van der Waals surface area contributed by atoms with Gasteiger partial charge in [0.25, 0.3) is 0 Å². The maximum Gasteiger partial charge on any atom is 0.573 e. The number of halogens is 4. The Balaban J connectivity index is 2.61. The molecule has 0 saturated carbocycles. The molecule has 0 amide bonds. The third-order valence-corrected chi connectivity index (χ3v) is 3.27. The third-order valence-electron chi connectivity index (χ3n) is 2.29. The topological polar surface area (TPSA) is 9.23 Å². The second-order valence-electron chi connectivity index (χ2n) is 3.73. The molecule has 5 heteroatoms. The highest BCUT2D eigenvalue weighted by Crippen LogP contribution is 2.30. The van der Waals surface area contributed by atoms with Crippen LogP contribution in [-0.4, -0.2) is 6.36 Å². The molecule has 1 aromatic rings. The van der Waals surface area contributed by atoms with Gasteiger partial charge in [0.1, 0.15) is 5.75 Å². The zero-order valence-corrected chi connectivity index (χ0v) is 11.0. The van der Waals surface area contributed by atoms with Gasteiger partial charge in [0, 0.05) is 4.83 Å². The lowest BCUT2D eigenvalue weighted by Gasteiger charge is -2.12. The van der Waals surface area contributed by atoms with Gasteiger partial charge in [0.15, 0.2) is 0 Å². The standard InChI is InChI=1S/C12H14BrF3O/c1-2-3-4-11(13)9-5-7-10(8-6-9)17-12(14,15)16/h5-8,11H,2-4H2,1H3. The highest BCUT2D eigenvalue weighted by atomic mass is 79.9. The van der Waals surface area contributed by atoms with Crippen LogP contribution in [0.4, 0.5) is 13.2 Å². The van der Waals surface area contributed by atoms with E-state index in [-0.39, 0.29) is 10.6 Å². The third kappa shape index (κ3) is 5.44.